The SMILES string of the molecule is CCC[C@H](C)NC(=O)[C@H]1CCCN(Cc2cc3c(cc2Br)OCCO3)C1. The lowest BCUT2D eigenvalue weighted by Crippen LogP contribution is -2.45. The van der Waals surface area contributed by atoms with Crippen LogP contribution in [-0.2, 0) is 11.3 Å². The summed E-state index contributed by atoms with van der Waals surface area (Å²) in [5, 5.41) is 3.18. The minimum absolute atomic E-state index is 0.0824. The first-order valence-corrected chi connectivity index (χ1v) is 10.5. The molecule has 1 aromatic carbocycles. The molecule has 0 unspecified atom stereocenters. The number of rotatable bonds is 6. The van der Waals surface area contributed by atoms with E-state index in [-0.39, 0.29) is 17.9 Å². The average Bonchev–Trinajstić information content (AvgIpc) is 2.63. The molecule has 3 rings (SSSR count). The van der Waals surface area contributed by atoms with Crippen LogP contribution in [0, 0.1) is 5.92 Å². The zero-order chi connectivity index (χ0) is 18.5. The van der Waals surface area contributed by atoms with E-state index in [0.29, 0.717) is 13.2 Å². The standard InChI is InChI=1S/C20H29BrN2O3/c1-3-5-14(2)22-20(24)15-6-4-7-23(12-15)13-16-10-18-19(11-17(16)21)26-9-8-25-18/h10-11,14-15H,3-9,12-13H2,1-2H3,(H,22,24)/t14-,15-/m0/s1. The van der Waals surface area contributed by atoms with Gasteiger partial charge in [0, 0.05) is 23.6 Å². The number of halogens is 1. The van der Waals surface area contributed by atoms with Crippen molar-refractivity contribution in [2.24, 2.45) is 5.92 Å². The van der Waals surface area contributed by atoms with Crippen LogP contribution in [0.1, 0.15) is 45.1 Å². The van der Waals surface area contributed by atoms with Gasteiger partial charge < -0.3 is 14.8 Å². The van der Waals surface area contributed by atoms with Crippen molar-refractivity contribution in [3.63, 3.8) is 0 Å². The van der Waals surface area contributed by atoms with Crippen LogP contribution in [0.2, 0.25) is 0 Å². The molecule has 144 valence electrons. The van der Waals surface area contributed by atoms with Gasteiger partial charge in [-0.05, 0) is 50.4 Å². The van der Waals surface area contributed by atoms with Gasteiger partial charge in [0.15, 0.2) is 11.5 Å². The summed E-state index contributed by atoms with van der Waals surface area (Å²) in [4.78, 5) is 14.9. The molecule has 1 amide bonds. The third-order valence-electron chi connectivity index (χ3n) is 5.09. The van der Waals surface area contributed by atoms with Crippen LogP contribution in [-0.4, -0.2) is 43.2 Å². The van der Waals surface area contributed by atoms with Gasteiger partial charge in [0.1, 0.15) is 13.2 Å². The van der Waals surface area contributed by atoms with E-state index in [0.717, 1.165) is 61.3 Å². The van der Waals surface area contributed by atoms with Crippen LogP contribution in [0.3, 0.4) is 0 Å². The van der Waals surface area contributed by atoms with Gasteiger partial charge in [-0.25, -0.2) is 0 Å². The molecule has 2 aliphatic heterocycles. The summed E-state index contributed by atoms with van der Waals surface area (Å²) in [6, 6.07) is 4.31. The van der Waals surface area contributed by atoms with E-state index in [1.807, 2.05) is 6.07 Å². The Morgan fingerprint density at radius 1 is 1.35 bits per heavy atom. The van der Waals surface area contributed by atoms with Crippen LogP contribution in [0.25, 0.3) is 0 Å². The van der Waals surface area contributed by atoms with E-state index in [1.54, 1.807) is 0 Å². The molecule has 2 atom stereocenters. The quantitative estimate of drug-likeness (QED) is 0.755. The zero-order valence-electron chi connectivity index (χ0n) is 15.7. The molecule has 0 bridgehead atoms. The molecule has 0 saturated carbocycles. The number of amides is 1. The van der Waals surface area contributed by atoms with Gasteiger partial charge in [-0.15, -0.1) is 0 Å². The third kappa shape index (κ3) is 4.92. The molecular formula is C20H29BrN2O3. The maximum absolute atomic E-state index is 12.6. The Morgan fingerprint density at radius 2 is 2.08 bits per heavy atom. The molecule has 26 heavy (non-hydrogen) atoms. The molecule has 1 N–H and O–H groups in total. The second kappa shape index (κ2) is 9.09. The van der Waals surface area contributed by atoms with Crippen molar-refractivity contribution in [3.05, 3.63) is 22.2 Å². The third-order valence-corrected chi connectivity index (χ3v) is 5.83. The Morgan fingerprint density at radius 3 is 2.81 bits per heavy atom. The van der Waals surface area contributed by atoms with Crippen molar-refractivity contribution < 1.29 is 14.3 Å². The maximum atomic E-state index is 12.6. The van der Waals surface area contributed by atoms with Crippen molar-refractivity contribution in [3.8, 4) is 11.5 Å². The molecule has 0 spiro atoms. The fourth-order valence-electron chi connectivity index (χ4n) is 3.75. The number of hydrogen-bond donors (Lipinski definition) is 1. The first-order valence-electron chi connectivity index (χ1n) is 9.67. The average molecular weight is 425 g/mol. The van der Waals surface area contributed by atoms with E-state index in [9.17, 15) is 4.79 Å². The van der Waals surface area contributed by atoms with Gasteiger partial charge in [-0.3, -0.25) is 9.69 Å². The molecule has 1 aromatic rings. The first kappa shape index (κ1) is 19.5. The zero-order valence-corrected chi connectivity index (χ0v) is 17.3. The van der Waals surface area contributed by atoms with Gasteiger partial charge in [-0.2, -0.15) is 0 Å². The molecule has 1 fully saturated rings. The summed E-state index contributed by atoms with van der Waals surface area (Å²) in [7, 11) is 0. The monoisotopic (exact) mass is 424 g/mol. The number of carbonyl (C=O) groups is 1. The molecule has 1 saturated heterocycles. The summed E-state index contributed by atoms with van der Waals surface area (Å²) < 4.78 is 12.4. The van der Waals surface area contributed by atoms with Gasteiger partial charge in [0.05, 0.1) is 5.92 Å². The highest BCUT2D eigenvalue weighted by atomic mass is 79.9. The normalized spacial score (nSPS) is 21.3. The first-order chi connectivity index (χ1) is 12.6. The predicted octanol–water partition coefficient (Wildman–Crippen LogP) is 3.74. The van der Waals surface area contributed by atoms with Crippen LogP contribution in [0.4, 0.5) is 0 Å². The Labute approximate surface area is 164 Å². The number of benzene rings is 1. The lowest BCUT2D eigenvalue weighted by molar-refractivity contribution is -0.127. The van der Waals surface area contributed by atoms with Crippen molar-refractivity contribution in [1.82, 2.24) is 10.2 Å². The lowest BCUT2D eigenvalue weighted by Gasteiger charge is -2.33. The topological polar surface area (TPSA) is 50.8 Å². The second-order valence-electron chi connectivity index (χ2n) is 7.36. The van der Waals surface area contributed by atoms with Crippen LogP contribution in [0.15, 0.2) is 16.6 Å². The predicted molar refractivity (Wildman–Crippen MR) is 106 cm³/mol. The number of piperidine rings is 1. The Hall–Kier alpha value is -1.27. The Bertz CT molecular complexity index is 638. The molecule has 5 nitrogen and oxygen atoms in total. The minimum Gasteiger partial charge on any atom is -0.486 e. The summed E-state index contributed by atoms with van der Waals surface area (Å²) in [5.41, 5.74) is 1.18. The molecule has 6 heteroatoms. The van der Waals surface area contributed by atoms with Gasteiger partial charge in [0.2, 0.25) is 5.91 Å². The van der Waals surface area contributed by atoms with Crippen LogP contribution < -0.4 is 14.8 Å². The number of carbonyl (C=O) groups excluding carboxylic acids is 1. The number of fused-ring (bicyclic) bond motifs is 1. The van der Waals surface area contributed by atoms with E-state index < -0.39 is 0 Å². The van der Waals surface area contributed by atoms with Crippen LogP contribution >= 0.6 is 15.9 Å². The summed E-state index contributed by atoms with van der Waals surface area (Å²) in [5.74, 6) is 1.90. The van der Waals surface area contributed by atoms with Gasteiger partial charge in [0.25, 0.3) is 0 Å². The molecule has 0 aliphatic carbocycles. The molecule has 0 aromatic heterocycles. The van der Waals surface area contributed by atoms with Crippen LogP contribution in [0.5, 0.6) is 11.5 Å². The Kier molecular flexibility index (Phi) is 6.81. The van der Waals surface area contributed by atoms with E-state index >= 15 is 0 Å². The molecular weight excluding hydrogens is 396 g/mol. The molecule has 2 aliphatic rings. The fraction of sp³-hybridized carbons (Fsp3) is 0.650. The summed E-state index contributed by atoms with van der Waals surface area (Å²) in [6.07, 6.45) is 4.16. The van der Waals surface area contributed by atoms with Gasteiger partial charge >= 0.3 is 0 Å². The van der Waals surface area contributed by atoms with Crippen molar-refractivity contribution in [2.75, 3.05) is 26.3 Å². The fourth-order valence-corrected chi connectivity index (χ4v) is 4.19. The van der Waals surface area contributed by atoms with E-state index in [2.05, 4.69) is 46.1 Å². The maximum Gasteiger partial charge on any atom is 0.224 e. The molecule has 2 heterocycles. The highest BCUT2D eigenvalue weighted by Crippen LogP contribution is 2.36. The van der Waals surface area contributed by atoms with Crippen molar-refractivity contribution in [2.45, 2.75) is 52.1 Å². The number of ether oxygens (including phenoxy) is 2. The second-order valence-corrected chi connectivity index (χ2v) is 8.21. The summed E-state index contributed by atoms with van der Waals surface area (Å²) >= 11 is 3.65. The largest absolute Gasteiger partial charge is 0.486 e. The molecule has 0 radical (unpaired) electrons. The lowest BCUT2D eigenvalue weighted by atomic mass is 9.96. The summed E-state index contributed by atoms with van der Waals surface area (Å²) in [6.45, 7) is 8.07. The number of likely N-dealkylation sites (tertiary alicyclic amines) is 1. The minimum atomic E-state index is 0.0824. The highest BCUT2D eigenvalue weighted by molar-refractivity contribution is 9.10. The Balaban J connectivity index is 1.61. The van der Waals surface area contributed by atoms with Gasteiger partial charge in [-0.1, -0.05) is 29.3 Å². The van der Waals surface area contributed by atoms with Crippen molar-refractivity contribution in [1.29, 1.82) is 0 Å². The van der Waals surface area contributed by atoms with E-state index in [1.165, 1.54) is 5.56 Å². The van der Waals surface area contributed by atoms with E-state index in [4.69, 9.17) is 9.47 Å². The number of hydrogen-bond acceptors (Lipinski definition) is 4. The highest BCUT2D eigenvalue weighted by Gasteiger charge is 2.27. The number of nitrogens with one attached hydrogen (secondary N) is 1. The smallest absolute Gasteiger partial charge is 0.224 e. The van der Waals surface area contributed by atoms with Crippen molar-refractivity contribution >= 4 is 21.8 Å². The number of nitrogens with zero attached hydrogens (tertiary/aromatic N) is 1.